The lowest BCUT2D eigenvalue weighted by Crippen LogP contribution is -2.16. The van der Waals surface area contributed by atoms with Gasteiger partial charge in [0.05, 0.1) is 0 Å². The molecule has 0 heterocycles. The van der Waals surface area contributed by atoms with Crippen molar-refractivity contribution in [2.45, 2.75) is 10.4 Å². The van der Waals surface area contributed by atoms with E-state index in [9.17, 15) is 22.2 Å². The van der Waals surface area contributed by atoms with Crippen LogP contribution in [-0.2, 0) is 10.8 Å². The number of nitrogens with two attached hydrogens (primary N) is 1. The molecule has 0 spiro atoms. The fourth-order valence-electron chi connectivity index (χ4n) is 0.876. The molecule has 15 heavy (non-hydrogen) atoms. The van der Waals surface area contributed by atoms with Gasteiger partial charge in [-0.1, -0.05) is 0 Å². The second-order valence-electron chi connectivity index (χ2n) is 2.60. The van der Waals surface area contributed by atoms with Crippen LogP contribution in [0.2, 0.25) is 0 Å². The minimum atomic E-state index is -4.80. The molecule has 0 bridgehead atoms. The van der Waals surface area contributed by atoms with E-state index in [4.69, 9.17) is 5.73 Å². The molecule has 1 amide bonds. The van der Waals surface area contributed by atoms with Crippen molar-refractivity contribution < 1.29 is 22.2 Å². The molecule has 1 aromatic carbocycles. The summed E-state index contributed by atoms with van der Waals surface area (Å²) in [7, 11) is -3.07. The molecule has 7 heteroatoms. The van der Waals surface area contributed by atoms with Crippen LogP contribution in [-0.4, -0.2) is 15.6 Å². The van der Waals surface area contributed by atoms with Gasteiger partial charge in [0.25, 0.3) is 0 Å². The predicted molar refractivity (Wildman–Crippen MR) is 47.4 cm³/mol. The van der Waals surface area contributed by atoms with Gasteiger partial charge < -0.3 is 5.73 Å². The molecular weight excluding hydrogens is 231 g/mol. The lowest BCUT2D eigenvalue weighted by Gasteiger charge is -2.05. The van der Waals surface area contributed by atoms with E-state index in [-0.39, 0.29) is 5.56 Å². The van der Waals surface area contributed by atoms with E-state index in [1.165, 1.54) is 0 Å². The number of amides is 1. The summed E-state index contributed by atoms with van der Waals surface area (Å²) in [5, 5.41) is 0. The highest BCUT2D eigenvalue weighted by molar-refractivity contribution is 7.86. The van der Waals surface area contributed by atoms with E-state index in [2.05, 4.69) is 0 Å². The van der Waals surface area contributed by atoms with Gasteiger partial charge in [0.1, 0.15) is 0 Å². The number of carbonyl (C=O) groups excluding carboxylic acids is 1. The maximum Gasteiger partial charge on any atom is 0.475 e. The van der Waals surface area contributed by atoms with Crippen molar-refractivity contribution in [2.24, 2.45) is 5.73 Å². The quantitative estimate of drug-likeness (QED) is 0.845. The minimum Gasteiger partial charge on any atom is -0.366 e. The molecule has 2 N–H and O–H groups in total. The number of halogens is 3. The van der Waals surface area contributed by atoms with E-state index < -0.39 is 27.1 Å². The molecule has 0 aliphatic heterocycles. The van der Waals surface area contributed by atoms with E-state index in [1.807, 2.05) is 0 Å². The van der Waals surface area contributed by atoms with Crippen LogP contribution in [0, 0.1) is 0 Å². The highest BCUT2D eigenvalue weighted by Gasteiger charge is 2.37. The van der Waals surface area contributed by atoms with E-state index in [0.29, 0.717) is 0 Å². The lowest BCUT2D eigenvalue weighted by molar-refractivity contribution is -0.0384. The van der Waals surface area contributed by atoms with Crippen LogP contribution in [0.15, 0.2) is 29.2 Å². The Balaban J connectivity index is 3.00. The van der Waals surface area contributed by atoms with Crippen molar-refractivity contribution in [3.8, 4) is 0 Å². The largest absolute Gasteiger partial charge is 0.475 e. The first kappa shape index (κ1) is 11.7. The average molecular weight is 237 g/mol. The number of benzene rings is 1. The molecular formula is C8H6F3NO2S. The third kappa shape index (κ3) is 2.79. The second kappa shape index (κ2) is 4.01. The first-order chi connectivity index (χ1) is 6.82. The van der Waals surface area contributed by atoms with Crippen molar-refractivity contribution in [1.82, 2.24) is 0 Å². The number of primary amides is 1. The maximum absolute atomic E-state index is 12.0. The van der Waals surface area contributed by atoms with Crippen molar-refractivity contribution in [2.75, 3.05) is 0 Å². The van der Waals surface area contributed by atoms with E-state index in [0.717, 1.165) is 24.3 Å². The summed E-state index contributed by atoms with van der Waals surface area (Å²) in [5.41, 5.74) is 0.159. The van der Waals surface area contributed by atoms with Crippen LogP contribution >= 0.6 is 0 Å². The molecule has 1 rings (SSSR count). The van der Waals surface area contributed by atoms with Gasteiger partial charge in [-0.05, 0) is 24.3 Å². The zero-order chi connectivity index (χ0) is 11.6. The van der Waals surface area contributed by atoms with Crippen LogP contribution < -0.4 is 5.73 Å². The molecule has 0 saturated carbocycles. The number of carbonyl (C=O) groups is 1. The summed E-state index contributed by atoms with van der Waals surface area (Å²) in [5.74, 6) is -0.751. The van der Waals surface area contributed by atoms with Gasteiger partial charge in [-0.3, -0.25) is 4.79 Å². The summed E-state index contributed by atoms with van der Waals surface area (Å²) >= 11 is 0. The minimum absolute atomic E-state index is 0.0675. The Morgan fingerprint density at radius 3 is 2.00 bits per heavy atom. The van der Waals surface area contributed by atoms with Gasteiger partial charge in [-0.25, -0.2) is 4.21 Å². The standard InChI is InChI=1S/C8H6F3NO2S/c9-8(10,11)15(14)6-3-1-5(2-4-6)7(12)13/h1-4H,(H2,12,13). The van der Waals surface area contributed by atoms with Gasteiger partial charge in [0.15, 0.2) is 10.8 Å². The maximum atomic E-state index is 12.0. The Hall–Kier alpha value is -1.37. The van der Waals surface area contributed by atoms with Gasteiger partial charge in [-0.2, -0.15) is 13.2 Å². The summed E-state index contributed by atoms with van der Waals surface area (Å²) in [6.45, 7) is 0. The Bertz CT molecular complexity index is 399. The molecule has 1 aromatic rings. The fraction of sp³-hybridized carbons (Fsp3) is 0.125. The Morgan fingerprint density at radius 2 is 1.67 bits per heavy atom. The van der Waals surface area contributed by atoms with Crippen molar-refractivity contribution >= 4 is 16.7 Å². The molecule has 0 saturated heterocycles. The molecule has 0 radical (unpaired) electrons. The molecule has 0 aliphatic carbocycles. The van der Waals surface area contributed by atoms with E-state index in [1.54, 1.807) is 0 Å². The summed E-state index contributed by atoms with van der Waals surface area (Å²) in [4.78, 5) is 10.2. The number of alkyl halides is 3. The van der Waals surface area contributed by atoms with Crippen LogP contribution in [0.1, 0.15) is 10.4 Å². The first-order valence-electron chi connectivity index (χ1n) is 3.71. The van der Waals surface area contributed by atoms with E-state index >= 15 is 0 Å². The topological polar surface area (TPSA) is 60.2 Å². The van der Waals surface area contributed by atoms with Gasteiger partial charge in [0, 0.05) is 10.5 Å². The molecule has 1 unspecified atom stereocenters. The van der Waals surface area contributed by atoms with Crippen LogP contribution in [0.4, 0.5) is 13.2 Å². The van der Waals surface area contributed by atoms with Gasteiger partial charge in [0.2, 0.25) is 5.91 Å². The Kier molecular flexibility index (Phi) is 3.13. The summed E-state index contributed by atoms with van der Waals surface area (Å²) in [6, 6.07) is 4.12. The first-order valence-corrected chi connectivity index (χ1v) is 4.86. The van der Waals surface area contributed by atoms with Crippen molar-refractivity contribution in [3.63, 3.8) is 0 Å². The normalized spacial score (nSPS) is 13.5. The van der Waals surface area contributed by atoms with Crippen molar-refractivity contribution in [1.29, 1.82) is 0 Å². The zero-order valence-electron chi connectivity index (χ0n) is 7.25. The Morgan fingerprint density at radius 1 is 1.20 bits per heavy atom. The van der Waals surface area contributed by atoms with Gasteiger partial charge >= 0.3 is 5.51 Å². The van der Waals surface area contributed by atoms with Crippen LogP contribution in [0.3, 0.4) is 0 Å². The summed E-state index contributed by atoms with van der Waals surface area (Å²) < 4.78 is 46.8. The highest BCUT2D eigenvalue weighted by atomic mass is 32.2. The number of hydrogen-bond acceptors (Lipinski definition) is 2. The monoisotopic (exact) mass is 237 g/mol. The summed E-state index contributed by atoms with van der Waals surface area (Å²) in [6.07, 6.45) is 0. The van der Waals surface area contributed by atoms with Crippen LogP contribution in [0.5, 0.6) is 0 Å². The number of rotatable bonds is 2. The molecule has 0 fully saturated rings. The number of hydrogen-bond donors (Lipinski definition) is 1. The predicted octanol–water partition coefficient (Wildman–Crippen LogP) is 1.41. The third-order valence-electron chi connectivity index (χ3n) is 1.56. The molecule has 1 atom stereocenters. The zero-order valence-corrected chi connectivity index (χ0v) is 8.06. The van der Waals surface area contributed by atoms with Gasteiger partial charge in [-0.15, -0.1) is 0 Å². The second-order valence-corrected chi connectivity index (χ2v) is 4.07. The SMILES string of the molecule is NC(=O)c1ccc(S(=O)C(F)(F)F)cc1. The van der Waals surface area contributed by atoms with Crippen molar-refractivity contribution in [3.05, 3.63) is 29.8 Å². The third-order valence-corrected chi connectivity index (χ3v) is 2.68. The molecule has 0 aliphatic rings. The molecule has 3 nitrogen and oxygen atoms in total. The molecule has 82 valence electrons. The lowest BCUT2D eigenvalue weighted by atomic mass is 10.2. The highest BCUT2D eigenvalue weighted by Crippen LogP contribution is 2.26. The molecule has 0 aromatic heterocycles. The average Bonchev–Trinajstić information content (AvgIpc) is 2.15. The Labute approximate surface area is 85.5 Å². The fourth-order valence-corrected chi connectivity index (χ4v) is 1.53. The van der Waals surface area contributed by atoms with Crippen LogP contribution in [0.25, 0.3) is 0 Å². The smallest absolute Gasteiger partial charge is 0.366 e.